The summed E-state index contributed by atoms with van der Waals surface area (Å²) in [6.45, 7) is 0. The van der Waals surface area contributed by atoms with Crippen molar-refractivity contribution in [1.29, 1.82) is 0 Å². The summed E-state index contributed by atoms with van der Waals surface area (Å²) in [4.78, 5) is 25.1. The fourth-order valence-electron chi connectivity index (χ4n) is 3.87. The lowest BCUT2D eigenvalue weighted by atomic mass is 10.1. The third kappa shape index (κ3) is 2.99. The number of aryl methyl sites for hydroxylation is 1. The molecule has 1 unspecified atom stereocenters. The van der Waals surface area contributed by atoms with Gasteiger partial charge < -0.3 is 9.80 Å². The van der Waals surface area contributed by atoms with Crippen molar-refractivity contribution in [3.63, 3.8) is 0 Å². The molecule has 2 heterocycles. The van der Waals surface area contributed by atoms with E-state index in [1.165, 1.54) is 11.1 Å². The molecule has 1 aliphatic carbocycles. The van der Waals surface area contributed by atoms with Gasteiger partial charge in [0.1, 0.15) is 11.3 Å². The van der Waals surface area contributed by atoms with Crippen molar-refractivity contribution in [3.8, 4) is 5.69 Å². The minimum absolute atomic E-state index is 0.0872. The predicted octanol–water partition coefficient (Wildman–Crippen LogP) is 3.32. The Morgan fingerprint density at radius 2 is 2.00 bits per heavy atom. The average Bonchev–Trinajstić information content (AvgIpc) is 3.21. The van der Waals surface area contributed by atoms with E-state index >= 15 is 0 Å². The zero-order chi connectivity index (χ0) is 19.3. The van der Waals surface area contributed by atoms with Crippen LogP contribution in [-0.2, 0) is 6.42 Å². The Labute approximate surface area is 163 Å². The second-order valence-electron chi connectivity index (χ2n) is 7.38. The predicted molar refractivity (Wildman–Crippen MR) is 107 cm³/mol. The van der Waals surface area contributed by atoms with Crippen LogP contribution in [0.3, 0.4) is 0 Å². The quantitative estimate of drug-likeness (QED) is 0.651. The lowest BCUT2D eigenvalue weighted by Gasteiger charge is -2.20. The first kappa shape index (κ1) is 17.9. The third-order valence-electron chi connectivity index (χ3n) is 5.19. The SMILES string of the molecule is CN(C)C(=O)c1cc2cnc(Cl)nc2n1-c1ccc2c(c1)CCC2N(C)C. The van der Waals surface area contributed by atoms with Crippen LogP contribution in [0, 0.1) is 0 Å². The lowest BCUT2D eigenvalue weighted by Crippen LogP contribution is -2.24. The number of carbonyl (C=O) groups is 1. The Balaban J connectivity index is 1.92. The Morgan fingerprint density at radius 3 is 2.70 bits per heavy atom. The van der Waals surface area contributed by atoms with Gasteiger partial charge in [0.05, 0.1) is 0 Å². The molecule has 1 aliphatic rings. The smallest absolute Gasteiger partial charge is 0.270 e. The lowest BCUT2D eigenvalue weighted by molar-refractivity contribution is 0.0820. The van der Waals surface area contributed by atoms with Gasteiger partial charge in [-0.1, -0.05) is 6.07 Å². The normalized spacial score (nSPS) is 16.1. The molecule has 0 saturated heterocycles. The van der Waals surface area contributed by atoms with Crippen molar-refractivity contribution in [2.24, 2.45) is 0 Å². The highest BCUT2D eigenvalue weighted by Crippen LogP contribution is 2.36. The van der Waals surface area contributed by atoms with E-state index in [0.29, 0.717) is 17.4 Å². The minimum atomic E-state index is -0.0872. The van der Waals surface area contributed by atoms with Gasteiger partial charge in [0.2, 0.25) is 5.28 Å². The molecule has 1 atom stereocenters. The summed E-state index contributed by atoms with van der Waals surface area (Å²) in [5.74, 6) is -0.0872. The van der Waals surface area contributed by atoms with Gasteiger partial charge in [-0.15, -0.1) is 0 Å². The largest absolute Gasteiger partial charge is 0.343 e. The Morgan fingerprint density at radius 1 is 1.22 bits per heavy atom. The molecular formula is C20H22ClN5O. The Hall–Kier alpha value is -2.44. The maximum Gasteiger partial charge on any atom is 0.270 e. The zero-order valence-corrected chi connectivity index (χ0v) is 16.7. The first-order chi connectivity index (χ1) is 12.9. The molecular weight excluding hydrogens is 362 g/mol. The van der Waals surface area contributed by atoms with E-state index in [2.05, 4.69) is 47.2 Å². The van der Waals surface area contributed by atoms with Crippen LogP contribution in [-0.4, -0.2) is 58.4 Å². The molecule has 1 aromatic carbocycles. The van der Waals surface area contributed by atoms with Crippen LogP contribution in [0.4, 0.5) is 0 Å². The highest BCUT2D eigenvalue weighted by Gasteiger charge is 2.26. The summed E-state index contributed by atoms with van der Waals surface area (Å²) < 4.78 is 1.88. The van der Waals surface area contributed by atoms with Crippen LogP contribution in [0.1, 0.15) is 34.1 Å². The van der Waals surface area contributed by atoms with Gasteiger partial charge in [-0.25, -0.2) is 4.98 Å². The molecule has 4 rings (SSSR count). The fraction of sp³-hybridized carbons (Fsp3) is 0.350. The molecule has 1 amide bonds. The van der Waals surface area contributed by atoms with Crippen LogP contribution in [0.25, 0.3) is 16.7 Å². The number of rotatable bonds is 3. The van der Waals surface area contributed by atoms with Crippen molar-refractivity contribution in [2.75, 3.05) is 28.2 Å². The van der Waals surface area contributed by atoms with Gasteiger partial charge in [0.15, 0.2) is 0 Å². The van der Waals surface area contributed by atoms with E-state index < -0.39 is 0 Å². The third-order valence-corrected chi connectivity index (χ3v) is 5.37. The summed E-state index contributed by atoms with van der Waals surface area (Å²) in [7, 11) is 7.71. The molecule has 0 saturated carbocycles. The molecule has 0 radical (unpaired) electrons. The van der Waals surface area contributed by atoms with E-state index in [1.807, 2.05) is 10.6 Å². The molecule has 0 aliphatic heterocycles. The summed E-state index contributed by atoms with van der Waals surface area (Å²) in [5, 5.41) is 0.954. The molecule has 3 aromatic rings. The number of aromatic nitrogens is 3. The molecule has 0 N–H and O–H groups in total. The second kappa shape index (κ2) is 6.62. The number of hydrogen-bond donors (Lipinski definition) is 0. The van der Waals surface area contributed by atoms with Crippen LogP contribution in [0.5, 0.6) is 0 Å². The van der Waals surface area contributed by atoms with E-state index in [4.69, 9.17) is 11.6 Å². The van der Waals surface area contributed by atoms with Gasteiger partial charge in [-0.05, 0) is 67.9 Å². The van der Waals surface area contributed by atoms with E-state index in [0.717, 1.165) is 23.9 Å². The van der Waals surface area contributed by atoms with Gasteiger partial charge in [0.25, 0.3) is 5.91 Å². The maximum atomic E-state index is 12.8. The number of halogens is 1. The number of fused-ring (bicyclic) bond motifs is 2. The van der Waals surface area contributed by atoms with Crippen molar-refractivity contribution >= 4 is 28.5 Å². The summed E-state index contributed by atoms with van der Waals surface area (Å²) in [6, 6.07) is 8.66. The Bertz CT molecular complexity index is 1040. The molecule has 7 heteroatoms. The topological polar surface area (TPSA) is 54.3 Å². The highest BCUT2D eigenvalue weighted by molar-refractivity contribution is 6.28. The van der Waals surface area contributed by atoms with Crippen LogP contribution in [0.15, 0.2) is 30.5 Å². The monoisotopic (exact) mass is 383 g/mol. The van der Waals surface area contributed by atoms with Crippen LogP contribution >= 0.6 is 11.6 Å². The average molecular weight is 384 g/mol. The number of carbonyl (C=O) groups excluding carboxylic acids is 1. The Kier molecular flexibility index (Phi) is 4.40. The second-order valence-corrected chi connectivity index (χ2v) is 7.72. The first-order valence-electron chi connectivity index (χ1n) is 8.92. The molecule has 0 spiro atoms. The number of nitrogens with zero attached hydrogens (tertiary/aromatic N) is 5. The summed E-state index contributed by atoms with van der Waals surface area (Å²) >= 11 is 6.04. The maximum absolute atomic E-state index is 12.8. The molecule has 140 valence electrons. The highest BCUT2D eigenvalue weighted by atomic mass is 35.5. The van der Waals surface area contributed by atoms with Crippen LogP contribution in [0.2, 0.25) is 5.28 Å². The molecule has 2 aromatic heterocycles. The van der Waals surface area contributed by atoms with Crippen LogP contribution < -0.4 is 0 Å². The van der Waals surface area contributed by atoms with Gasteiger partial charge in [-0.3, -0.25) is 9.36 Å². The van der Waals surface area contributed by atoms with Crippen molar-refractivity contribution < 1.29 is 4.79 Å². The standard InChI is InChI=1S/C20H22ClN5O/c1-24(2)16-8-5-12-9-14(6-7-15(12)16)26-17(19(27)25(3)4)10-13-11-22-20(21)23-18(13)26/h6-7,9-11,16H,5,8H2,1-4H3. The molecule has 6 nitrogen and oxygen atoms in total. The summed E-state index contributed by atoms with van der Waals surface area (Å²) in [5.41, 5.74) is 4.78. The van der Waals surface area contributed by atoms with Gasteiger partial charge >= 0.3 is 0 Å². The number of amides is 1. The van der Waals surface area contributed by atoms with Crippen molar-refractivity contribution in [2.45, 2.75) is 18.9 Å². The minimum Gasteiger partial charge on any atom is -0.343 e. The van der Waals surface area contributed by atoms with Gasteiger partial charge in [-0.2, -0.15) is 4.98 Å². The molecule has 0 fully saturated rings. The molecule has 27 heavy (non-hydrogen) atoms. The van der Waals surface area contributed by atoms with E-state index in [1.54, 1.807) is 25.2 Å². The number of hydrogen-bond acceptors (Lipinski definition) is 4. The first-order valence-corrected chi connectivity index (χ1v) is 9.30. The molecule has 0 bridgehead atoms. The van der Waals surface area contributed by atoms with Gasteiger partial charge in [0, 0.05) is 37.4 Å². The number of benzene rings is 1. The van der Waals surface area contributed by atoms with Crippen molar-refractivity contribution in [1.82, 2.24) is 24.3 Å². The van der Waals surface area contributed by atoms with E-state index in [9.17, 15) is 4.79 Å². The zero-order valence-electron chi connectivity index (χ0n) is 15.9. The summed E-state index contributed by atoms with van der Waals surface area (Å²) in [6.07, 6.45) is 3.79. The van der Waals surface area contributed by atoms with E-state index in [-0.39, 0.29) is 11.2 Å². The fourth-order valence-corrected chi connectivity index (χ4v) is 4.00. The van der Waals surface area contributed by atoms with Crippen molar-refractivity contribution in [3.05, 3.63) is 52.6 Å².